The summed E-state index contributed by atoms with van der Waals surface area (Å²) in [6.45, 7) is 7.95. The molecule has 36 heavy (non-hydrogen) atoms. The summed E-state index contributed by atoms with van der Waals surface area (Å²) >= 11 is 0. The SMILES string of the molecule is CC(C)NC(=O)N(C)C[C@H]1Oc2ccc(NC(=O)c3ccncc3)cc2C(=O)N([C@@H](C)CO)C[C@@H]1C. The fourth-order valence-corrected chi connectivity index (χ4v) is 3.93. The number of nitrogens with one attached hydrogen (secondary N) is 2. The van der Waals surface area contributed by atoms with Crippen LogP contribution in [0, 0.1) is 5.92 Å². The molecule has 1 aliphatic rings. The summed E-state index contributed by atoms with van der Waals surface area (Å²) in [6.07, 6.45) is 2.65. The molecule has 0 radical (unpaired) electrons. The van der Waals surface area contributed by atoms with Crippen LogP contribution in [-0.2, 0) is 0 Å². The third-order valence-electron chi connectivity index (χ3n) is 6.08. The molecule has 3 rings (SSSR count). The number of nitrogens with zero attached hydrogens (tertiary/aromatic N) is 3. The zero-order chi connectivity index (χ0) is 26.4. The maximum Gasteiger partial charge on any atom is 0.317 e. The zero-order valence-electron chi connectivity index (χ0n) is 21.4. The highest BCUT2D eigenvalue weighted by Gasteiger charge is 2.34. The summed E-state index contributed by atoms with van der Waals surface area (Å²) in [5, 5.41) is 15.5. The summed E-state index contributed by atoms with van der Waals surface area (Å²) in [5.74, 6) is -0.410. The highest BCUT2D eigenvalue weighted by Crippen LogP contribution is 2.31. The molecule has 0 fully saturated rings. The van der Waals surface area contributed by atoms with Crippen LogP contribution in [0.3, 0.4) is 0 Å². The highest BCUT2D eigenvalue weighted by molar-refractivity contribution is 6.05. The molecule has 0 unspecified atom stereocenters. The molecule has 2 aromatic rings. The van der Waals surface area contributed by atoms with Gasteiger partial charge in [-0.2, -0.15) is 0 Å². The van der Waals surface area contributed by atoms with Gasteiger partial charge in [0.1, 0.15) is 11.9 Å². The molecule has 1 aromatic heterocycles. The fourth-order valence-electron chi connectivity index (χ4n) is 3.93. The Morgan fingerprint density at radius 2 is 1.92 bits per heavy atom. The predicted octanol–water partition coefficient (Wildman–Crippen LogP) is 2.60. The van der Waals surface area contributed by atoms with Crippen LogP contribution in [-0.4, -0.2) is 82.7 Å². The number of hydrogen-bond donors (Lipinski definition) is 3. The van der Waals surface area contributed by atoms with Gasteiger partial charge in [0.05, 0.1) is 24.8 Å². The standard InChI is InChI=1S/C26H35N5O5/c1-16(2)28-26(35)30(5)14-23-17(3)13-31(18(4)15-32)25(34)21-12-20(6-7-22(21)36-23)29-24(33)19-8-10-27-11-9-19/h6-12,16-18,23,32H,13-15H2,1-5H3,(H,28,35)(H,29,33)/t17-,18-,23+/m0/s1. The van der Waals surface area contributed by atoms with Gasteiger partial charge in [0.2, 0.25) is 0 Å². The van der Waals surface area contributed by atoms with Crippen LogP contribution in [0.25, 0.3) is 0 Å². The summed E-state index contributed by atoms with van der Waals surface area (Å²) in [5.41, 5.74) is 1.14. The zero-order valence-corrected chi connectivity index (χ0v) is 21.4. The van der Waals surface area contributed by atoms with Crippen molar-refractivity contribution in [3.63, 3.8) is 0 Å². The normalized spacial score (nSPS) is 18.4. The van der Waals surface area contributed by atoms with Crippen molar-refractivity contribution < 1.29 is 24.2 Å². The Bertz CT molecular complexity index is 1080. The van der Waals surface area contributed by atoms with Crippen LogP contribution >= 0.6 is 0 Å². The first-order chi connectivity index (χ1) is 17.1. The van der Waals surface area contributed by atoms with Gasteiger partial charge in [-0.15, -0.1) is 0 Å². The molecule has 0 spiro atoms. The van der Waals surface area contributed by atoms with Crippen LogP contribution < -0.4 is 15.4 Å². The largest absolute Gasteiger partial charge is 0.487 e. The van der Waals surface area contributed by atoms with E-state index >= 15 is 0 Å². The van der Waals surface area contributed by atoms with Gasteiger partial charge < -0.3 is 30.3 Å². The van der Waals surface area contributed by atoms with Crippen molar-refractivity contribution in [2.75, 3.05) is 32.1 Å². The van der Waals surface area contributed by atoms with E-state index in [9.17, 15) is 19.5 Å². The van der Waals surface area contributed by atoms with Gasteiger partial charge >= 0.3 is 6.03 Å². The average molecular weight is 498 g/mol. The number of pyridine rings is 1. The molecule has 0 aliphatic carbocycles. The molecule has 10 nitrogen and oxygen atoms in total. The molecule has 4 amide bonds. The number of anilines is 1. The Labute approximate surface area is 211 Å². The molecule has 194 valence electrons. The number of rotatable bonds is 7. The lowest BCUT2D eigenvalue weighted by atomic mass is 9.99. The van der Waals surface area contributed by atoms with Gasteiger partial charge in [-0.05, 0) is 51.1 Å². The van der Waals surface area contributed by atoms with Crippen LogP contribution in [0.15, 0.2) is 42.7 Å². The number of amides is 4. The molecule has 0 bridgehead atoms. The number of carbonyl (C=O) groups is 3. The highest BCUT2D eigenvalue weighted by atomic mass is 16.5. The van der Waals surface area contributed by atoms with Gasteiger partial charge in [0, 0.05) is 49.2 Å². The van der Waals surface area contributed by atoms with Crippen molar-refractivity contribution in [1.29, 1.82) is 0 Å². The van der Waals surface area contributed by atoms with E-state index in [2.05, 4.69) is 15.6 Å². The van der Waals surface area contributed by atoms with E-state index in [-0.39, 0.29) is 42.0 Å². The van der Waals surface area contributed by atoms with Crippen LogP contribution in [0.5, 0.6) is 5.75 Å². The number of carbonyl (C=O) groups excluding carboxylic acids is 3. The van der Waals surface area contributed by atoms with Crippen LogP contribution in [0.2, 0.25) is 0 Å². The van der Waals surface area contributed by atoms with Crippen LogP contribution in [0.4, 0.5) is 10.5 Å². The van der Waals surface area contributed by atoms with E-state index in [1.807, 2.05) is 20.8 Å². The van der Waals surface area contributed by atoms with Crippen molar-refractivity contribution in [2.45, 2.75) is 45.9 Å². The van der Waals surface area contributed by atoms with Gasteiger partial charge in [-0.25, -0.2) is 4.79 Å². The van der Waals surface area contributed by atoms with Crippen molar-refractivity contribution in [3.8, 4) is 5.75 Å². The molecule has 0 saturated heterocycles. The number of aliphatic hydroxyl groups excluding tert-OH is 1. The van der Waals surface area contributed by atoms with Gasteiger partial charge in [-0.3, -0.25) is 14.6 Å². The maximum atomic E-state index is 13.5. The van der Waals surface area contributed by atoms with Crippen molar-refractivity contribution >= 4 is 23.5 Å². The minimum absolute atomic E-state index is 0.00403. The van der Waals surface area contributed by atoms with Gasteiger partial charge in [-0.1, -0.05) is 6.92 Å². The smallest absolute Gasteiger partial charge is 0.317 e. The van der Waals surface area contributed by atoms with Gasteiger partial charge in [0.25, 0.3) is 11.8 Å². The average Bonchev–Trinajstić information content (AvgIpc) is 2.86. The lowest BCUT2D eigenvalue weighted by molar-refractivity contribution is 0.0366. The first-order valence-corrected chi connectivity index (χ1v) is 12.1. The van der Waals surface area contributed by atoms with E-state index in [4.69, 9.17) is 4.74 Å². The molecule has 10 heteroatoms. The number of fused-ring (bicyclic) bond motifs is 1. The lowest BCUT2D eigenvalue weighted by Gasteiger charge is -2.38. The molecular weight excluding hydrogens is 462 g/mol. The Kier molecular flexibility index (Phi) is 8.87. The van der Waals surface area contributed by atoms with E-state index in [1.165, 1.54) is 12.4 Å². The van der Waals surface area contributed by atoms with E-state index in [1.54, 1.807) is 54.1 Å². The molecule has 1 aromatic carbocycles. The molecule has 3 N–H and O–H groups in total. The molecular formula is C26H35N5O5. The molecule has 3 atom stereocenters. The number of urea groups is 1. The maximum absolute atomic E-state index is 13.5. The monoisotopic (exact) mass is 497 g/mol. The quantitative estimate of drug-likeness (QED) is 0.540. The predicted molar refractivity (Wildman–Crippen MR) is 136 cm³/mol. The van der Waals surface area contributed by atoms with Gasteiger partial charge in [0.15, 0.2) is 0 Å². The summed E-state index contributed by atoms with van der Waals surface area (Å²) < 4.78 is 6.30. The van der Waals surface area contributed by atoms with Crippen LogP contribution in [0.1, 0.15) is 48.4 Å². The third-order valence-corrected chi connectivity index (χ3v) is 6.08. The number of aromatic nitrogens is 1. The first kappa shape index (κ1) is 26.9. The van der Waals surface area contributed by atoms with Crippen molar-refractivity contribution in [1.82, 2.24) is 20.1 Å². The Morgan fingerprint density at radius 1 is 1.22 bits per heavy atom. The van der Waals surface area contributed by atoms with E-state index in [0.717, 1.165) is 0 Å². The minimum Gasteiger partial charge on any atom is -0.487 e. The second-order valence-electron chi connectivity index (χ2n) is 9.51. The number of aliphatic hydroxyl groups is 1. The second-order valence-corrected chi connectivity index (χ2v) is 9.51. The number of ether oxygens (including phenoxy) is 1. The first-order valence-electron chi connectivity index (χ1n) is 12.1. The summed E-state index contributed by atoms with van der Waals surface area (Å²) in [4.78, 5) is 45.7. The Hall–Kier alpha value is -3.66. The number of benzene rings is 1. The second kappa shape index (κ2) is 11.9. The molecule has 0 saturated carbocycles. The summed E-state index contributed by atoms with van der Waals surface area (Å²) in [7, 11) is 1.70. The number of likely N-dealkylation sites (N-methyl/N-ethyl adjacent to an activating group) is 1. The fraction of sp³-hybridized carbons (Fsp3) is 0.462. The Balaban J connectivity index is 1.92. The topological polar surface area (TPSA) is 124 Å². The van der Waals surface area contributed by atoms with E-state index < -0.39 is 12.1 Å². The number of hydrogen-bond acceptors (Lipinski definition) is 6. The van der Waals surface area contributed by atoms with E-state index in [0.29, 0.717) is 30.1 Å². The van der Waals surface area contributed by atoms with Crippen molar-refractivity contribution in [2.24, 2.45) is 5.92 Å². The lowest BCUT2D eigenvalue weighted by Crippen LogP contribution is -2.51. The van der Waals surface area contributed by atoms with Crippen molar-refractivity contribution in [3.05, 3.63) is 53.9 Å². The molecule has 1 aliphatic heterocycles. The molecule has 2 heterocycles. The third kappa shape index (κ3) is 6.51. The minimum atomic E-state index is -0.427. The summed E-state index contributed by atoms with van der Waals surface area (Å²) in [6, 6.07) is 7.45. The Morgan fingerprint density at radius 3 is 2.56 bits per heavy atom.